The van der Waals surface area contributed by atoms with Gasteiger partial charge in [-0.3, -0.25) is 14.4 Å². The van der Waals surface area contributed by atoms with E-state index in [-0.39, 0.29) is 17.4 Å². The predicted octanol–water partition coefficient (Wildman–Crippen LogP) is 3.23. The zero-order valence-corrected chi connectivity index (χ0v) is 20.2. The topological polar surface area (TPSA) is 142 Å². The number of primary amides is 2. The molecule has 0 saturated carbocycles. The lowest BCUT2D eigenvalue weighted by Gasteiger charge is -2.18. The lowest BCUT2D eigenvalue weighted by atomic mass is 10.1. The van der Waals surface area contributed by atoms with Crippen molar-refractivity contribution in [1.82, 2.24) is 5.32 Å². The summed E-state index contributed by atoms with van der Waals surface area (Å²) in [4.78, 5) is 41.7. The molecule has 32 heavy (non-hydrogen) atoms. The SMILES string of the molecule is C=C(C)C(=O)OCCCCCC.C=CC(=O)NC(C)(C)C.NC(=O)C=CCC=CC(N)=O. The molecule has 0 saturated heterocycles. The molecule has 0 radical (unpaired) electrons. The van der Waals surface area contributed by atoms with Crippen LogP contribution >= 0.6 is 0 Å². The third-order valence-electron chi connectivity index (χ3n) is 3.10. The predicted molar refractivity (Wildman–Crippen MR) is 129 cm³/mol. The number of hydrogen-bond acceptors (Lipinski definition) is 5. The molecule has 0 aliphatic rings. The van der Waals surface area contributed by atoms with Crippen LogP contribution in [0.3, 0.4) is 0 Å². The fourth-order valence-electron chi connectivity index (χ4n) is 1.68. The number of nitrogens with one attached hydrogen (secondary N) is 1. The number of ether oxygens (including phenoxy) is 1. The number of unbranched alkanes of at least 4 members (excludes halogenated alkanes) is 3. The first kappa shape index (κ1) is 33.5. The van der Waals surface area contributed by atoms with E-state index in [1.165, 1.54) is 31.1 Å². The standard InChI is InChI=1S/C10H18O2.C7H10N2O2.C7H13NO/c1-4-5-6-7-8-12-10(11)9(2)3;8-6(10)4-2-1-3-5-7(9)11;1-5-6(9)8-7(2,3)4/h2,4-8H2,1,3H3;2-5H,1H2,(H2,8,10)(H2,9,11);5H,1H2,2-4H3,(H,8,9). The van der Waals surface area contributed by atoms with Crippen LogP contribution in [0, 0.1) is 0 Å². The van der Waals surface area contributed by atoms with Gasteiger partial charge in [-0.05, 0) is 58.8 Å². The lowest BCUT2D eigenvalue weighted by Crippen LogP contribution is -2.39. The van der Waals surface area contributed by atoms with Gasteiger partial charge in [0.15, 0.2) is 0 Å². The second-order valence-electron chi connectivity index (χ2n) is 7.77. The van der Waals surface area contributed by atoms with E-state index in [9.17, 15) is 19.2 Å². The Morgan fingerprint density at radius 3 is 1.78 bits per heavy atom. The summed E-state index contributed by atoms with van der Waals surface area (Å²) in [5, 5.41) is 2.71. The van der Waals surface area contributed by atoms with Gasteiger partial charge in [-0.1, -0.05) is 51.5 Å². The fourth-order valence-corrected chi connectivity index (χ4v) is 1.68. The lowest BCUT2D eigenvalue weighted by molar-refractivity contribution is -0.139. The molecule has 0 rings (SSSR count). The summed E-state index contributed by atoms with van der Waals surface area (Å²) >= 11 is 0. The minimum atomic E-state index is -0.502. The highest BCUT2D eigenvalue weighted by molar-refractivity contribution is 5.87. The molecule has 0 heterocycles. The Labute approximate surface area is 192 Å². The van der Waals surface area contributed by atoms with E-state index in [2.05, 4.69) is 25.4 Å². The minimum Gasteiger partial charge on any atom is -0.462 e. The van der Waals surface area contributed by atoms with Gasteiger partial charge in [0.2, 0.25) is 17.7 Å². The summed E-state index contributed by atoms with van der Waals surface area (Å²) in [5.74, 6) is -1.40. The summed E-state index contributed by atoms with van der Waals surface area (Å²) in [5.41, 5.74) is 9.92. The highest BCUT2D eigenvalue weighted by Gasteiger charge is 2.10. The number of rotatable bonds is 11. The average molecular weight is 452 g/mol. The van der Waals surface area contributed by atoms with E-state index in [0.29, 0.717) is 18.6 Å². The second-order valence-corrected chi connectivity index (χ2v) is 7.77. The number of esters is 1. The minimum absolute atomic E-state index is 0.123. The number of carbonyl (C=O) groups excluding carboxylic acids is 4. The Bertz CT molecular complexity index is 637. The zero-order valence-electron chi connectivity index (χ0n) is 20.2. The average Bonchev–Trinajstić information content (AvgIpc) is 2.66. The Hall–Kier alpha value is -3.16. The van der Waals surface area contributed by atoms with E-state index in [4.69, 9.17) is 16.2 Å². The van der Waals surface area contributed by atoms with Gasteiger partial charge in [-0.2, -0.15) is 0 Å². The monoisotopic (exact) mass is 451 g/mol. The van der Waals surface area contributed by atoms with Crippen LogP contribution in [0.15, 0.2) is 49.1 Å². The van der Waals surface area contributed by atoms with Crippen LogP contribution in [0.5, 0.6) is 0 Å². The van der Waals surface area contributed by atoms with Crippen LogP contribution in [0.2, 0.25) is 0 Å². The molecule has 5 N–H and O–H groups in total. The van der Waals surface area contributed by atoms with Crippen LogP contribution in [0.25, 0.3) is 0 Å². The number of hydrogen-bond donors (Lipinski definition) is 3. The highest BCUT2D eigenvalue weighted by Crippen LogP contribution is 2.00. The van der Waals surface area contributed by atoms with Gasteiger partial charge < -0.3 is 21.5 Å². The molecule has 0 atom stereocenters. The maximum Gasteiger partial charge on any atom is 0.333 e. The van der Waals surface area contributed by atoms with Crippen LogP contribution < -0.4 is 16.8 Å². The molecule has 3 amide bonds. The molecule has 0 aliphatic carbocycles. The Balaban J connectivity index is -0.000000398. The van der Waals surface area contributed by atoms with Crippen molar-refractivity contribution in [3.63, 3.8) is 0 Å². The van der Waals surface area contributed by atoms with Crippen LogP contribution in [0.1, 0.15) is 66.7 Å². The molecule has 0 bridgehead atoms. The van der Waals surface area contributed by atoms with E-state index >= 15 is 0 Å². The number of carbonyl (C=O) groups is 4. The van der Waals surface area contributed by atoms with Crippen molar-refractivity contribution in [2.75, 3.05) is 6.61 Å². The second kappa shape index (κ2) is 21.1. The van der Waals surface area contributed by atoms with Crippen molar-refractivity contribution in [1.29, 1.82) is 0 Å². The molecule has 8 nitrogen and oxygen atoms in total. The normalized spacial score (nSPS) is 10.3. The third kappa shape index (κ3) is 34.4. The smallest absolute Gasteiger partial charge is 0.333 e. The maximum absolute atomic E-state index is 10.9. The van der Waals surface area contributed by atoms with Crippen molar-refractivity contribution in [2.45, 2.75) is 72.3 Å². The molecule has 0 unspecified atom stereocenters. The van der Waals surface area contributed by atoms with Crippen molar-refractivity contribution in [2.24, 2.45) is 11.5 Å². The van der Waals surface area contributed by atoms with E-state index in [1.807, 2.05) is 20.8 Å². The Morgan fingerprint density at radius 1 is 0.969 bits per heavy atom. The summed E-state index contributed by atoms with van der Waals surface area (Å²) in [6.07, 6.45) is 11.8. The summed E-state index contributed by atoms with van der Waals surface area (Å²) in [6.45, 7) is 17.0. The first-order valence-corrected chi connectivity index (χ1v) is 10.5. The van der Waals surface area contributed by atoms with Gasteiger partial charge in [0.25, 0.3) is 0 Å². The Morgan fingerprint density at radius 2 is 1.47 bits per heavy atom. The molecule has 0 aliphatic heterocycles. The van der Waals surface area contributed by atoms with Gasteiger partial charge in [-0.25, -0.2) is 4.79 Å². The van der Waals surface area contributed by atoms with Gasteiger partial charge >= 0.3 is 5.97 Å². The zero-order chi connectivity index (χ0) is 25.6. The fraction of sp³-hybridized carbons (Fsp3) is 0.500. The Kier molecular flexibility index (Phi) is 22.1. The summed E-state index contributed by atoms with van der Waals surface area (Å²) in [6, 6.07) is 0. The van der Waals surface area contributed by atoms with Gasteiger partial charge in [0.1, 0.15) is 0 Å². The molecule has 0 aromatic heterocycles. The molecule has 182 valence electrons. The molecule has 8 heteroatoms. The van der Waals surface area contributed by atoms with Crippen LogP contribution in [0.4, 0.5) is 0 Å². The van der Waals surface area contributed by atoms with Crippen LogP contribution in [-0.4, -0.2) is 35.8 Å². The quantitative estimate of drug-likeness (QED) is 0.251. The van der Waals surface area contributed by atoms with Crippen molar-refractivity contribution < 1.29 is 23.9 Å². The van der Waals surface area contributed by atoms with Gasteiger partial charge in [0, 0.05) is 11.1 Å². The van der Waals surface area contributed by atoms with Crippen LogP contribution in [-0.2, 0) is 23.9 Å². The van der Waals surface area contributed by atoms with E-state index in [1.54, 1.807) is 19.1 Å². The van der Waals surface area contributed by atoms with E-state index in [0.717, 1.165) is 12.8 Å². The molecule has 0 spiro atoms. The van der Waals surface area contributed by atoms with Crippen molar-refractivity contribution in [3.8, 4) is 0 Å². The van der Waals surface area contributed by atoms with Gasteiger partial charge in [0.05, 0.1) is 6.61 Å². The first-order chi connectivity index (χ1) is 14.8. The molecule has 0 aromatic rings. The maximum atomic E-state index is 10.9. The van der Waals surface area contributed by atoms with E-state index < -0.39 is 11.8 Å². The van der Waals surface area contributed by atoms with Crippen molar-refractivity contribution in [3.05, 3.63) is 49.1 Å². The largest absolute Gasteiger partial charge is 0.462 e. The molecule has 0 aromatic carbocycles. The molecular formula is C24H41N3O5. The highest BCUT2D eigenvalue weighted by atomic mass is 16.5. The summed E-state index contributed by atoms with van der Waals surface area (Å²) in [7, 11) is 0. The third-order valence-corrected chi connectivity index (χ3v) is 3.10. The molecular weight excluding hydrogens is 410 g/mol. The van der Waals surface area contributed by atoms with Crippen molar-refractivity contribution >= 4 is 23.7 Å². The van der Waals surface area contributed by atoms with Gasteiger partial charge in [-0.15, -0.1) is 0 Å². The number of amides is 3. The number of nitrogens with two attached hydrogens (primary N) is 2. The summed E-state index contributed by atoms with van der Waals surface area (Å²) < 4.78 is 4.91. The molecule has 0 fully saturated rings. The number of allylic oxidation sites excluding steroid dienone is 2. The first-order valence-electron chi connectivity index (χ1n) is 10.5.